The van der Waals surface area contributed by atoms with Crippen LogP contribution in [-0.2, 0) is 0 Å². The van der Waals surface area contributed by atoms with Gasteiger partial charge in [0.2, 0.25) is 0 Å². The fourth-order valence-electron chi connectivity index (χ4n) is 2.43. The number of benzene rings is 1. The molecule has 4 heteroatoms. The topological polar surface area (TPSA) is 29.3 Å². The van der Waals surface area contributed by atoms with Crippen LogP contribution in [0.1, 0.15) is 31.4 Å². The van der Waals surface area contributed by atoms with Crippen LogP contribution in [0.2, 0.25) is 0 Å². The second kappa shape index (κ2) is 5.46. The van der Waals surface area contributed by atoms with Crippen molar-refractivity contribution in [3.05, 3.63) is 34.1 Å². The highest BCUT2D eigenvalue weighted by Crippen LogP contribution is 2.27. The normalized spacial score (nSPS) is 23.6. The first-order valence-electron chi connectivity index (χ1n) is 6.02. The van der Waals surface area contributed by atoms with Gasteiger partial charge in [-0.1, -0.05) is 22.0 Å². The number of hydrogen-bond acceptors (Lipinski definition) is 2. The van der Waals surface area contributed by atoms with Crippen LogP contribution in [0, 0.1) is 5.82 Å². The van der Waals surface area contributed by atoms with Gasteiger partial charge in [-0.25, -0.2) is 4.39 Å². The Morgan fingerprint density at radius 1 is 1.53 bits per heavy atom. The van der Waals surface area contributed by atoms with Crippen LogP contribution in [0.15, 0.2) is 22.7 Å². The summed E-state index contributed by atoms with van der Waals surface area (Å²) in [4.78, 5) is 2.26. The third kappa shape index (κ3) is 3.06. The van der Waals surface area contributed by atoms with Gasteiger partial charge in [0.15, 0.2) is 0 Å². The molecule has 0 amide bonds. The molecule has 1 saturated heterocycles. The molecule has 0 aliphatic carbocycles. The summed E-state index contributed by atoms with van der Waals surface area (Å²) in [7, 11) is 0. The number of piperidine rings is 1. The number of nitrogens with zero attached hydrogens (tertiary/aromatic N) is 1. The molecule has 1 aliphatic rings. The summed E-state index contributed by atoms with van der Waals surface area (Å²) in [6.45, 7) is 3.91. The largest absolute Gasteiger partial charge is 0.327 e. The van der Waals surface area contributed by atoms with E-state index in [-0.39, 0.29) is 17.9 Å². The summed E-state index contributed by atoms with van der Waals surface area (Å²) in [5.74, 6) is -0.147. The van der Waals surface area contributed by atoms with Crippen molar-refractivity contribution < 1.29 is 4.39 Å². The van der Waals surface area contributed by atoms with Crippen LogP contribution in [0.25, 0.3) is 0 Å². The van der Waals surface area contributed by atoms with E-state index in [1.807, 2.05) is 19.1 Å². The molecule has 94 valence electrons. The van der Waals surface area contributed by atoms with E-state index in [2.05, 4.69) is 20.8 Å². The van der Waals surface area contributed by atoms with Crippen molar-refractivity contribution in [3.63, 3.8) is 0 Å². The van der Waals surface area contributed by atoms with Crippen molar-refractivity contribution >= 4 is 15.9 Å². The first kappa shape index (κ1) is 13.0. The van der Waals surface area contributed by atoms with Gasteiger partial charge >= 0.3 is 0 Å². The molecule has 1 aliphatic heterocycles. The summed E-state index contributed by atoms with van der Waals surface area (Å²) >= 11 is 3.28. The zero-order valence-electron chi connectivity index (χ0n) is 10.00. The van der Waals surface area contributed by atoms with Crippen LogP contribution in [0.4, 0.5) is 4.39 Å². The molecule has 1 aromatic carbocycles. The van der Waals surface area contributed by atoms with Crippen molar-refractivity contribution in [1.29, 1.82) is 0 Å². The fraction of sp³-hybridized carbons (Fsp3) is 0.538. The number of rotatable bonds is 2. The molecule has 0 aromatic heterocycles. The minimum absolute atomic E-state index is 0.0921. The average molecular weight is 301 g/mol. The van der Waals surface area contributed by atoms with E-state index < -0.39 is 0 Å². The van der Waals surface area contributed by atoms with Gasteiger partial charge in [0.05, 0.1) is 0 Å². The zero-order valence-corrected chi connectivity index (χ0v) is 11.6. The van der Waals surface area contributed by atoms with Gasteiger partial charge < -0.3 is 5.73 Å². The van der Waals surface area contributed by atoms with Crippen LogP contribution in [-0.4, -0.2) is 24.0 Å². The van der Waals surface area contributed by atoms with Crippen molar-refractivity contribution in [2.75, 3.05) is 13.1 Å². The Balaban J connectivity index is 2.15. The van der Waals surface area contributed by atoms with E-state index >= 15 is 0 Å². The molecule has 2 atom stereocenters. The Bertz CT molecular complexity index is 397. The lowest BCUT2D eigenvalue weighted by molar-refractivity contribution is 0.157. The van der Waals surface area contributed by atoms with Gasteiger partial charge in [0, 0.05) is 28.7 Å². The van der Waals surface area contributed by atoms with Crippen LogP contribution >= 0.6 is 15.9 Å². The van der Waals surface area contributed by atoms with Crippen LogP contribution in [0.3, 0.4) is 0 Å². The Kier molecular flexibility index (Phi) is 4.17. The van der Waals surface area contributed by atoms with Crippen LogP contribution in [0.5, 0.6) is 0 Å². The van der Waals surface area contributed by atoms with E-state index in [1.165, 1.54) is 6.07 Å². The second-order valence-corrected chi connectivity index (χ2v) is 5.65. The first-order chi connectivity index (χ1) is 8.08. The number of halogens is 2. The zero-order chi connectivity index (χ0) is 12.4. The molecule has 1 aromatic rings. The molecule has 2 unspecified atom stereocenters. The van der Waals surface area contributed by atoms with Gasteiger partial charge in [-0.3, -0.25) is 4.90 Å². The van der Waals surface area contributed by atoms with E-state index in [0.717, 1.165) is 36.0 Å². The van der Waals surface area contributed by atoms with Gasteiger partial charge in [-0.2, -0.15) is 0 Å². The smallest absolute Gasteiger partial charge is 0.129 e. The quantitative estimate of drug-likeness (QED) is 0.909. The lowest BCUT2D eigenvalue weighted by atomic mass is 10.0. The number of hydrogen-bond donors (Lipinski definition) is 1. The van der Waals surface area contributed by atoms with Gasteiger partial charge in [0.25, 0.3) is 0 Å². The summed E-state index contributed by atoms with van der Waals surface area (Å²) < 4.78 is 14.6. The molecule has 0 radical (unpaired) electrons. The highest BCUT2D eigenvalue weighted by atomic mass is 79.9. The van der Waals surface area contributed by atoms with Crippen molar-refractivity contribution in [2.24, 2.45) is 5.73 Å². The summed E-state index contributed by atoms with van der Waals surface area (Å²) in [5, 5.41) is 0. The summed E-state index contributed by atoms with van der Waals surface area (Å²) in [6.07, 6.45) is 2.18. The monoisotopic (exact) mass is 300 g/mol. The summed E-state index contributed by atoms with van der Waals surface area (Å²) in [5.41, 5.74) is 6.71. The molecular formula is C13H18BrFN2. The SMILES string of the molecule is CC(c1ccc(Br)cc1F)N1CCCC(N)C1. The molecular weight excluding hydrogens is 283 g/mol. The van der Waals surface area contributed by atoms with Gasteiger partial charge in [-0.05, 0) is 38.4 Å². The highest BCUT2D eigenvalue weighted by molar-refractivity contribution is 9.10. The molecule has 1 fully saturated rings. The van der Waals surface area contributed by atoms with Crippen molar-refractivity contribution in [1.82, 2.24) is 4.90 Å². The van der Waals surface area contributed by atoms with E-state index in [9.17, 15) is 4.39 Å². The Morgan fingerprint density at radius 3 is 2.94 bits per heavy atom. The average Bonchev–Trinajstić information content (AvgIpc) is 2.28. The number of likely N-dealkylation sites (tertiary alicyclic amines) is 1. The predicted molar refractivity (Wildman–Crippen MR) is 71.3 cm³/mol. The molecule has 2 nitrogen and oxygen atoms in total. The third-order valence-electron chi connectivity index (χ3n) is 3.45. The minimum atomic E-state index is -0.147. The molecule has 0 bridgehead atoms. The summed E-state index contributed by atoms with van der Waals surface area (Å²) in [6, 6.07) is 5.58. The minimum Gasteiger partial charge on any atom is -0.327 e. The van der Waals surface area contributed by atoms with E-state index in [0.29, 0.717) is 0 Å². The van der Waals surface area contributed by atoms with Gasteiger partial charge in [0.1, 0.15) is 5.82 Å². The van der Waals surface area contributed by atoms with Gasteiger partial charge in [-0.15, -0.1) is 0 Å². The molecule has 17 heavy (non-hydrogen) atoms. The van der Waals surface area contributed by atoms with Crippen molar-refractivity contribution in [2.45, 2.75) is 31.8 Å². The lowest BCUT2D eigenvalue weighted by Crippen LogP contribution is -2.43. The maximum Gasteiger partial charge on any atom is 0.129 e. The highest BCUT2D eigenvalue weighted by Gasteiger charge is 2.23. The molecule has 0 saturated carbocycles. The van der Waals surface area contributed by atoms with Crippen LogP contribution < -0.4 is 5.73 Å². The van der Waals surface area contributed by atoms with E-state index in [1.54, 1.807) is 0 Å². The molecule has 2 N–H and O–H groups in total. The lowest BCUT2D eigenvalue weighted by Gasteiger charge is -2.35. The van der Waals surface area contributed by atoms with E-state index in [4.69, 9.17) is 5.73 Å². The first-order valence-corrected chi connectivity index (χ1v) is 6.82. The predicted octanol–water partition coefficient (Wildman–Crippen LogP) is 3.07. The maximum absolute atomic E-state index is 13.9. The standard InChI is InChI=1S/C13H18BrFN2/c1-9(17-6-2-3-11(16)8-17)12-5-4-10(14)7-13(12)15/h4-5,7,9,11H,2-3,6,8,16H2,1H3. The fourth-order valence-corrected chi connectivity index (χ4v) is 2.76. The second-order valence-electron chi connectivity index (χ2n) is 4.74. The Hall–Kier alpha value is -0.450. The Morgan fingerprint density at radius 2 is 2.29 bits per heavy atom. The Labute approximate surface area is 110 Å². The molecule has 2 rings (SSSR count). The third-order valence-corrected chi connectivity index (χ3v) is 3.94. The number of nitrogens with two attached hydrogens (primary N) is 1. The van der Waals surface area contributed by atoms with Crippen molar-refractivity contribution in [3.8, 4) is 0 Å². The molecule has 0 spiro atoms. The molecule has 1 heterocycles. The maximum atomic E-state index is 13.9.